The smallest absolute Gasteiger partial charge is 0.316 e. The van der Waals surface area contributed by atoms with Gasteiger partial charge in [0.25, 0.3) is 0 Å². The van der Waals surface area contributed by atoms with Crippen molar-refractivity contribution in [1.82, 2.24) is 0 Å². The van der Waals surface area contributed by atoms with E-state index in [9.17, 15) is 4.79 Å². The molecular weight excluding hydrogens is 300 g/mol. The van der Waals surface area contributed by atoms with Crippen LogP contribution in [0.2, 0.25) is 0 Å². The van der Waals surface area contributed by atoms with Crippen LogP contribution in [0.1, 0.15) is 27.7 Å². The molecule has 0 aliphatic carbocycles. The van der Waals surface area contributed by atoms with E-state index in [0.29, 0.717) is 18.8 Å². The minimum absolute atomic E-state index is 0.188. The van der Waals surface area contributed by atoms with Crippen LogP contribution in [0.5, 0.6) is 0 Å². The molecule has 0 radical (unpaired) electrons. The molecular formula is C17H28O6. The highest BCUT2D eigenvalue weighted by Crippen LogP contribution is 2.29. The van der Waals surface area contributed by atoms with Gasteiger partial charge in [-0.05, 0) is 27.7 Å². The maximum absolute atomic E-state index is 12.0. The lowest BCUT2D eigenvalue weighted by atomic mass is 10.0. The van der Waals surface area contributed by atoms with Crippen molar-refractivity contribution in [3.05, 3.63) is 24.3 Å². The van der Waals surface area contributed by atoms with Crippen LogP contribution in [-0.2, 0) is 28.5 Å². The van der Waals surface area contributed by atoms with Crippen molar-refractivity contribution in [3.8, 4) is 0 Å². The molecule has 6 nitrogen and oxygen atoms in total. The topological polar surface area (TPSA) is 63.2 Å². The van der Waals surface area contributed by atoms with E-state index >= 15 is 0 Å². The number of carbonyl (C=O) groups is 1. The summed E-state index contributed by atoms with van der Waals surface area (Å²) in [5.74, 6) is -1.52. The molecule has 3 atom stereocenters. The Labute approximate surface area is 138 Å². The zero-order valence-electron chi connectivity index (χ0n) is 14.7. The van der Waals surface area contributed by atoms with Crippen LogP contribution in [0.4, 0.5) is 0 Å². The van der Waals surface area contributed by atoms with E-state index in [4.69, 9.17) is 23.7 Å². The van der Waals surface area contributed by atoms with Crippen LogP contribution in [-0.4, -0.2) is 51.1 Å². The van der Waals surface area contributed by atoms with Gasteiger partial charge in [-0.1, -0.05) is 24.3 Å². The second-order valence-electron chi connectivity index (χ2n) is 5.88. The number of carbonyl (C=O) groups excluding carboxylic acids is 1. The fraction of sp³-hybridized carbons (Fsp3) is 0.706. The second-order valence-corrected chi connectivity index (χ2v) is 5.88. The van der Waals surface area contributed by atoms with Gasteiger partial charge >= 0.3 is 5.97 Å². The van der Waals surface area contributed by atoms with Gasteiger partial charge in [-0.25, -0.2) is 0 Å². The van der Waals surface area contributed by atoms with Crippen molar-refractivity contribution in [1.29, 1.82) is 0 Å². The van der Waals surface area contributed by atoms with E-state index in [2.05, 4.69) is 6.58 Å². The van der Waals surface area contributed by atoms with Gasteiger partial charge in [0, 0.05) is 7.11 Å². The fourth-order valence-corrected chi connectivity index (χ4v) is 2.30. The normalized spacial score (nSPS) is 24.7. The maximum atomic E-state index is 12.0. The van der Waals surface area contributed by atoms with Crippen LogP contribution < -0.4 is 0 Å². The van der Waals surface area contributed by atoms with Gasteiger partial charge in [0.2, 0.25) is 0 Å². The van der Waals surface area contributed by atoms with Crippen LogP contribution in [0.15, 0.2) is 24.3 Å². The minimum atomic E-state index is -0.710. The zero-order chi connectivity index (χ0) is 17.5. The molecule has 0 unspecified atom stereocenters. The molecule has 1 heterocycles. The van der Waals surface area contributed by atoms with E-state index < -0.39 is 11.7 Å². The van der Waals surface area contributed by atoms with E-state index in [1.165, 1.54) is 0 Å². The molecule has 0 aromatic heterocycles. The summed E-state index contributed by atoms with van der Waals surface area (Å²) in [4.78, 5) is 12.0. The molecule has 0 bridgehead atoms. The third-order valence-electron chi connectivity index (χ3n) is 3.27. The summed E-state index contributed by atoms with van der Waals surface area (Å²) in [5, 5.41) is 0. The molecule has 1 rings (SSSR count). The molecule has 0 aromatic carbocycles. The summed E-state index contributed by atoms with van der Waals surface area (Å²) in [6.07, 6.45) is 2.97. The molecule has 1 fully saturated rings. The van der Waals surface area contributed by atoms with Gasteiger partial charge < -0.3 is 23.7 Å². The molecule has 1 aliphatic rings. The monoisotopic (exact) mass is 328 g/mol. The van der Waals surface area contributed by atoms with Crippen molar-refractivity contribution in [2.45, 2.75) is 45.7 Å². The Bertz CT molecular complexity index is 429. The number of methoxy groups -OCH3 is 1. The van der Waals surface area contributed by atoms with Gasteiger partial charge in [0.15, 0.2) is 5.79 Å². The zero-order valence-corrected chi connectivity index (χ0v) is 14.7. The SMILES string of the molecule is C=C(C)[C@H](/C=C/[C@@H]1OC(C)(C)O[C@@H]1COCOC)C(=O)OCC. The first-order valence-electron chi connectivity index (χ1n) is 7.73. The summed E-state index contributed by atoms with van der Waals surface area (Å²) in [6, 6.07) is 0. The first kappa shape index (κ1) is 19.8. The summed E-state index contributed by atoms with van der Waals surface area (Å²) < 4.78 is 27.0. The summed E-state index contributed by atoms with van der Waals surface area (Å²) in [5.41, 5.74) is 0.713. The van der Waals surface area contributed by atoms with Gasteiger partial charge in [0.1, 0.15) is 19.0 Å². The van der Waals surface area contributed by atoms with Crippen molar-refractivity contribution < 1.29 is 28.5 Å². The Morgan fingerprint density at radius 2 is 2.09 bits per heavy atom. The molecule has 0 saturated carbocycles. The Balaban J connectivity index is 2.75. The summed E-state index contributed by atoms with van der Waals surface area (Å²) in [6.45, 7) is 12.0. The molecule has 6 heteroatoms. The highest BCUT2D eigenvalue weighted by molar-refractivity contribution is 5.77. The summed E-state index contributed by atoms with van der Waals surface area (Å²) >= 11 is 0. The van der Waals surface area contributed by atoms with E-state index in [1.54, 1.807) is 27.0 Å². The van der Waals surface area contributed by atoms with E-state index in [-0.39, 0.29) is 25.0 Å². The van der Waals surface area contributed by atoms with Crippen LogP contribution >= 0.6 is 0 Å². The Morgan fingerprint density at radius 1 is 1.39 bits per heavy atom. The standard InChI is InChI=1S/C17H28O6/c1-7-21-16(18)13(12(2)3)8-9-14-15(10-20-11-19-6)23-17(4,5)22-14/h8-9,13-15H,2,7,10-11H2,1,3-6H3/b9-8+/t13-,14-,15+/m0/s1. The molecule has 132 valence electrons. The highest BCUT2D eigenvalue weighted by atomic mass is 16.8. The molecule has 0 spiro atoms. The number of rotatable bonds is 9. The predicted octanol–water partition coefficient (Wildman–Crippen LogP) is 2.44. The largest absolute Gasteiger partial charge is 0.465 e. The molecule has 0 aromatic rings. The first-order valence-corrected chi connectivity index (χ1v) is 7.73. The Kier molecular flexibility index (Phi) is 7.91. The van der Waals surface area contributed by atoms with Crippen molar-refractivity contribution in [3.63, 3.8) is 0 Å². The first-order chi connectivity index (χ1) is 10.8. The average Bonchev–Trinajstić information content (AvgIpc) is 2.74. The van der Waals surface area contributed by atoms with Crippen molar-refractivity contribution in [2.75, 3.05) is 27.1 Å². The van der Waals surface area contributed by atoms with Crippen LogP contribution in [0.3, 0.4) is 0 Å². The average molecular weight is 328 g/mol. The van der Waals surface area contributed by atoms with E-state index in [0.717, 1.165) is 0 Å². The molecule has 0 amide bonds. The summed E-state index contributed by atoms with van der Waals surface area (Å²) in [7, 11) is 1.56. The molecule has 1 aliphatic heterocycles. The minimum Gasteiger partial charge on any atom is -0.465 e. The van der Waals surface area contributed by atoms with Gasteiger partial charge in [-0.2, -0.15) is 0 Å². The number of esters is 1. The number of hydrogen-bond acceptors (Lipinski definition) is 6. The maximum Gasteiger partial charge on any atom is 0.316 e. The van der Waals surface area contributed by atoms with Gasteiger partial charge in [-0.15, -0.1) is 0 Å². The van der Waals surface area contributed by atoms with E-state index in [1.807, 2.05) is 19.9 Å². The third-order valence-corrected chi connectivity index (χ3v) is 3.27. The van der Waals surface area contributed by atoms with Gasteiger partial charge in [0.05, 0.1) is 19.1 Å². The van der Waals surface area contributed by atoms with Crippen molar-refractivity contribution in [2.24, 2.45) is 5.92 Å². The Morgan fingerprint density at radius 3 is 2.65 bits per heavy atom. The van der Waals surface area contributed by atoms with Gasteiger partial charge in [-0.3, -0.25) is 4.79 Å². The fourth-order valence-electron chi connectivity index (χ4n) is 2.30. The van der Waals surface area contributed by atoms with Crippen LogP contribution in [0, 0.1) is 5.92 Å². The lowest BCUT2D eigenvalue weighted by molar-refractivity contribution is -0.153. The van der Waals surface area contributed by atoms with Crippen LogP contribution in [0.25, 0.3) is 0 Å². The predicted molar refractivity (Wildman–Crippen MR) is 85.7 cm³/mol. The molecule has 23 heavy (non-hydrogen) atoms. The molecule has 0 N–H and O–H groups in total. The second kappa shape index (κ2) is 9.17. The van der Waals surface area contributed by atoms with Crippen molar-refractivity contribution >= 4 is 5.97 Å². The number of hydrogen-bond donors (Lipinski definition) is 0. The number of ether oxygens (including phenoxy) is 5. The highest BCUT2D eigenvalue weighted by Gasteiger charge is 2.40. The quantitative estimate of drug-likeness (QED) is 0.280. The molecule has 1 saturated heterocycles. The third kappa shape index (κ3) is 6.43. The lowest BCUT2D eigenvalue weighted by Crippen LogP contribution is -2.27. The Hall–Kier alpha value is -1.21. The lowest BCUT2D eigenvalue weighted by Gasteiger charge is -2.16.